The largest absolute Gasteiger partial charge is 0.292 e. The van der Waals surface area contributed by atoms with Crippen molar-refractivity contribution in [3.05, 3.63) is 0 Å². The molecule has 0 aliphatic heterocycles. The van der Waals surface area contributed by atoms with E-state index in [9.17, 15) is 9.59 Å². The van der Waals surface area contributed by atoms with Gasteiger partial charge in [0.2, 0.25) is 0 Å². The van der Waals surface area contributed by atoms with Crippen LogP contribution in [-0.4, -0.2) is 29.3 Å². The maximum Gasteiger partial charge on any atom is 0.188 e. The van der Waals surface area contributed by atoms with Crippen molar-refractivity contribution in [1.82, 2.24) is 0 Å². The molecule has 2 saturated carbocycles. The Morgan fingerprint density at radius 2 is 1.79 bits per heavy atom. The van der Waals surface area contributed by atoms with Gasteiger partial charge >= 0.3 is 0 Å². The summed E-state index contributed by atoms with van der Waals surface area (Å²) in [4.78, 5) is 32.9. The standard InChI is InChI=1S/C13H17N3O3/c1-3-14-19-16-8(2)15-11-12(17)9-6-4-5-7-10(9)13(11)18/h3,9-10H,4-7H2,1-2H3/b14-3-,15-11?,16-8-. The third-order valence-corrected chi connectivity index (χ3v) is 3.51. The second kappa shape index (κ2) is 5.86. The number of carbonyl (C=O) groups is 2. The molecule has 0 aromatic heterocycles. The average molecular weight is 263 g/mol. The summed E-state index contributed by atoms with van der Waals surface area (Å²) < 4.78 is 0. The molecule has 2 aliphatic carbocycles. The minimum absolute atomic E-state index is 0.0298. The van der Waals surface area contributed by atoms with Crippen LogP contribution in [0.5, 0.6) is 0 Å². The zero-order valence-corrected chi connectivity index (χ0v) is 11.1. The molecule has 2 fully saturated rings. The van der Waals surface area contributed by atoms with E-state index in [1.54, 1.807) is 13.8 Å². The number of fused-ring (bicyclic) bond motifs is 1. The molecule has 0 spiro atoms. The van der Waals surface area contributed by atoms with Gasteiger partial charge in [0.15, 0.2) is 23.1 Å². The predicted molar refractivity (Wildman–Crippen MR) is 71.3 cm³/mol. The number of nitrogens with zero attached hydrogens (tertiary/aromatic N) is 3. The molecule has 19 heavy (non-hydrogen) atoms. The van der Waals surface area contributed by atoms with Crippen LogP contribution in [0.4, 0.5) is 0 Å². The summed E-state index contributed by atoms with van der Waals surface area (Å²) in [6.07, 6.45) is 5.04. The Balaban J connectivity index is 2.17. The normalized spacial score (nSPS) is 27.9. The minimum Gasteiger partial charge on any atom is -0.292 e. The summed E-state index contributed by atoms with van der Waals surface area (Å²) >= 11 is 0. The molecule has 6 heteroatoms. The maximum atomic E-state index is 12.1. The molecule has 2 rings (SSSR count). The number of aliphatic imine (C=N–C) groups is 1. The topological polar surface area (TPSA) is 80.5 Å². The second-order valence-electron chi connectivity index (χ2n) is 4.77. The first-order chi connectivity index (χ1) is 9.15. The fraction of sp³-hybridized carbons (Fsp3) is 0.615. The summed E-state index contributed by atoms with van der Waals surface area (Å²) in [5, 5.41) is 7.04. The van der Waals surface area contributed by atoms with Gasteiger partial charge in [-0.3, -0.25) is 9.59 Å². The Morgan fingerprint density at radius 3 is 2.32 bits per heavy atom. The lowest BCUT2D eigenvalue weighted by atomic mass is 9.81. The van der Waals surface area contributed by atoms with Crippen LogP contribution in [-0.2, 0) is 14.5 Å². The predicted octanol–water partition coefficient (Wildman–Crippen LogP) is 1.74. The van der Waals surface area contributed by atoms with Crippen molar-refractivity contribution in [1.29, 1.82) is 0 Å². The third-order valence-electron chi connectivity index (χ3n) is 3.51. The number of ketones is 2. The minimum atomic E-state index is -0.164. The Bertz CT molecular complexity index is 454. The number of amidine groups is 1. The van der Waals surface area contributed by atoms with Gasteiger partial charge in [0.25, 0.3) is 0 Å². The monoisotopic (exact) mass is 263 g/mol. The van der Waals surface area contributed by atoms with Crippen LogP contribution >= 0.6 is 0 Å². The van der Waals surface area contributed by atoms with E-state index in [0.29, 0.717) is 0 Å². The van der Waals surface area contributed by atoms with Crippen molar-refractivity contribution in [3.8, 4) is 0 Å². The summed E-state index contributed by atoms with van der Waals surface area (Å²) in [5.74, 6) is -0.378. The molecule has 0 radical (unpaired) electrons. The fourth-order valence-electron chi connectivity index (χ4n) is 2.65. The third kappa shape index (κ3) is 2.77. The lowest BCUT2D eigenvalue weighted by molar-refractivity contribution is -0.120. The SMILES string of the molecule is C/C=N\O/N=C(/C)N=C1C(=O)C2CCCCC2C1=O. The molecule has 0 heterocycles. The van der Waals surface area contributed by atoms with Crippen LogP contribution in [0.2, 0.25) is 0 Å². The molecule has 0 saturated heterocycles. The number of carbonyl (C=O) groups excluding carboxylic acids is 2. The van der Waals surface area contributed by atoms with Gasteiger partial charge < -0.3 is 0 Å². The van der Waals surface area contributed by atoms with Crippen molar-refractivity contribution < 1.29 is 14.5 Å². The second-order valence-corrected chi connectivity index (χ2v) is 4.77. The lowest BCUT2D eigenvalue weighted by Gasteiger charge is -2.20. The van der Waals surface area contributed by atoms with Crippen LogP contribution in [0.3, 0.4) is 0 Å². The van der Waals surface area contributed by atoms with Gasteiger partial charge in [-0.25, -0.2) is 9.93 Å². The van der Waals surface area contributed by atoms with E-state index in [1.807, 2.05) is 0 Å². The molecule has 2 aliphatic rings. The maximum absolute atomic E-state index is 12.1. The van der Waals surface area contributed by atoms with Crippen LogP contribution in [0.25, 0.3) is 0 Å². The molecule has 0 aromatic rings. The molecule has 2 atom stereocenters. The highest BCUT2D eigenvalue weighted by atomic mass is 16.8. The van der Waals surface area contributed by atoms with E-state index in [0.717, 1.165) is 25.7 Å². The van der Waals surface area contributed by atoms with Gasteiger partial charge in [0, 0.05) is 18.1 Å². The molecular formula is C13H17N3O3. The first-order valence-electron chi connectivity index (χ1n) is 6.51. The van der Waals surface area contributed by atoms with Crippen molar-refractivity contribution in [2.45, 2.75) is 39.5 Å². The number of Topliss-reactive ketones (excluding diaryl/α,β-unsaturated/α-hetero) is 2. The van der Waals surface area contributed by atoms with Gasteiger partial charge in [-0.15, -0.1) is 0 Å². The van der Waals surface area contributed by atoms with E-state index in [2.05, 4.69) is 20.2 Å². The van der Waals surface area contributed by atoms with Crippen molar-refractivity contribution >= 4 is 29.3 Å². The summed E-state index contributed by atoms with van der Waals surface area (Å²) in [6.45, 7) is 3.26. The summed E-state index contributed by atoms with van der Waals surface area (Å²) in [6, 6.07) is 0. The smallest absolute Gasteiger partial charge is 0.188 e. The highest BCUT2D eigenvalue weighted by Gasteiger charge is 2.47. The van der Waals surface area contributed by atoms with Gasteiger partial charge in [0.1, 0.15) is 0 Å². The highest BCUT2D eigenvalue weighted by Crippen LogP contribution is 2.36. The van der Waals surface area contributed by atoms with Crippen LogP contribution in [0, 0.1) is 11.8 Å². The lowest BCUT2D eigenvalue weighted by Crippen LogP contribution is -2.21. The molecule has 2 unspecified atom stereocenters. The summed E-state index contributed by atoms with van der Waals surface area (Å²) in [5.41, 5.74) is 0.0298. The Morgan fingerprint density at radius 1 is 1.21 bits per heavy atom. The number of hydrogen-bond acceptors (Lipinski definition) is 5. The van der Waals surface area contributed by atoms with Crippen LogP contribution < -0.4 is 0 Å². The Kier molecular flexibility index (Phi) is 4.19. The Labute approximate surface area is 111 Å². The van der Waals surface area contributed by atoms with E-state index in [-0.39, 0.29) is 34.9 Å². The first kappa shape index (κ1) is 13.6. The number of oxime groups is 2. The van der Waals surface area contributed by atoms with Crippen LogP contribution in [0.1, 0.15) is 39.5 Å². The average Bonchev–Trinajstić information content (AvgIpc) is 2.65. The van der Waals surface area contributed by atoms with Gasteiger partial charge in [0.05, 0.1) is 0 Å². The van der Waals surface area contributed by atoms with Gasteiger partial charge in [-0.1, -0.05) is 18.0 Å². The number of rotatable bonds is 2. The van der Waals surface area contributed by atoms with E-state index in [1.165, 1.54) is 6.21 Å². The van der Waals surface area contributed by atoms with Crippen molar-refractivity contribution in [2.24, 2.45) is 27.1 Å². The molecule has 0 amide bonds. The van der Waals surface area contributed by atoms with E-state index >= 15 is 0 Å². The zero-order chi connectivity index (χ0) is 13.8. The summed E-state index contributed by atoms with van der Waals surface area (Å²) in [7, 11) is 0. The molecule has 102 valence electrons. The van der Waals surface area contributed by atoms with Crippen LogP contribution in [0.15, 0.2) is 15.3 Å². The molecular weight excluding hydrogens is 246 g/mol. The molecule has 0 N–H and O–H groups in total. The number of hydrogen-bond donors (Lipinski definition) is 0. The van der Waals surface area contributed by atoms with E-state index < -0.39 is 0 Å². The van der Waals surface area contributed by atoms with Gasteiger partial charge in [-0.2, -0.15) is 0 Å². The molecule has 0 bridgehead atoms. The fourth-order valence-corrected chi connectivity index (χ4v) is 2.65. The first-order valence-corrected chi connectivity index (χ1v) is 6.51. The molecule has 6 nitrogen and oxygen atoms in total. The van der Waals surface area contributed by atoms with E-state index in [4.69, 9.17) is 0 Å². The van der Waals surface area contributed by atoms with Crippen molar-refractivity contribution in [2.75, 3.05) is 0 Å². The molecule has 0 aromatic carbocycles. The zero-order valence-electron chi connectivity index (χ0n) is 11.1. The quantitative estimate of drug-likeness (QED) is 0.432. The van der Waals surface area contributed by atoms with Gasteiger partial charge in [-0.05, 0) is 31.8 Å². The van der Waals surface area contributed by atoms with Crippen molar-refractivity contribution in [3.63, 3.8) is 0 Å². The Hall–Kier alpha value is -1.85. The highest BCUT2D eigenvalue weighted by molar-refractivity contribution is 6.70.